The number of hydrogen-bond acceptors (Lipinski definition) is 2. The third-order valence-corrected chi connectivity index (χ3v) is 2.40. The van der Waals surface area contributed by atoms with E-state index in [2.05, 4.69) is 11.9 Å². The van der Waals surface area contributed by atoms with Gasteiger partial charge in [-0.25, -0.2) is 0 Å². The van der Waals surface area contributed by atoms with Gasteiger partial charge in [0, 0.05) is 5.69 Å². The second-order valence-electron chi connectivity index (χ2n) is 3.84. The first-order valence-corrected chi connectivity index (χ1v) is 5.30. The summed E-state index contributed by atoms with van der Waals surface area (Å²) in [5.41, 5.74) is 1.77. The lowest BCUT2D eigenvalue weighted by Gasteiger charge is -2.06. The molecule has 3 nitrogen and oxygen atoms in total. The molecule has 1 rings (SSSR count). The van der Waals surface area contributed by atoms with Crippen molar-refractivity contribution in [2.24, 2.45) is 0 Å². The molecule has 0 aromatic carbocycles. The molecule has 0 unspecified atom stereocenters. The van der Waals surface area contributed by atoms with Gasteiger partial charge < -0.3 is 4.98 Å². The Balaban J connectivity index is 3.21. The van der Waals surface area contributed by atoms with Crippen LogP contribution in [0.15, 0.2) is 10.9 Å². The normalized spacial score (nSPS) is 10.3. The number of pyridine rings is 1. The molecule has 0 aliphatic heterocycles. The van der Waals surface area contributed by atoms with Gasteiger partial charge >= 0.3 is 0 Å². The zero-order valence-corrected chi connectivity index (χ0v) is 9.52. The fourth-order valence-corrected chi connectivity index (χ4v) is 1.71. The number of carbonyl (C=O) groups is 1. The topological polar surface area (TPSA) is 49.9 Å². The summed E-state index contributed by atoms with van der Waals surface area (Å²) in [6.07, 6.45) is 2.86. The Bertz CT molecular complexity index is 418. The third-order valence-electron chi connectivity index (χ3n) is 2.40. The van der Waals surface area contributed by atoms with E-state index in [-0.39, 0.29) is 11.3 Å². The van der Waals surface area contributed by atoms with Crippen molar-refractivity contribution in [3.05, 3.63) is 33.2 Å². The highest BCUT2D eigenvalue weighted by Crippen LogP contribution is 2.10. The van der Waals surface area contributed by atoms with Crippen LogP contribution in [0.2, 0.25) is 0 Å². The molecule has 3 heteroatoms. The molecule has 0 fully saturated rings. The second kappa shape index (κ2) is 4.91. The number of aryl methyl sites for hydroxylation is 2. The molecule has 0 spiro atoms. The molecule has 0 saturated carbocycles. The highest BCUT2D eigenvalue weighted by molar-refractivity contribution is 5.95. The number of aromatic amines is 1. The van der Waals surface area contributed by atoms with Gasteiger partial charge in [0.2, 0.25) is 0 Å². The Hall–Kier alpha value is -1.38. The molecule has 1 aromatic heterocycles. The van der Waals surface area contributed by atoms with Gasteiger partial charge in [-0.15, -0.1) is 0 Å². The zero-order valence-electron chi connectivity index (χ0n) is 9.52. The maximum atomic E-state index is 11.6. The van der Waals surface area contributed by atoms with Crippen molar-refractivity contribution >= 4 is 5.78 Å². The standard InChI is InChI=1S/C12H17NO2/c1-4-5-6-10-7-8(2)13-12(15)11(10)9(3)14/h7H,4-6H2,1-3H3,(H,13,15). The fraction of sp³-hybridized carbons (Fsp3) is 0.500. The van der Waals surface area contributed by atoms with Crippen LogP contribution in [-0.2, 0) is 6.42 Å². The number of carbonyl (C=O) groups excluding carboxylic acids is 1. The minimum Gasteiger partial charge on any atom is -0.326 e. The van der Waals surface area contributed by atoms with Gasteiger partial charge in [-0.05, 0) is 38.3 Å². The summed E-state index contributed by atoms with van der Waals surface area (Å²) in [5.74, 6) is -0.151. The smallest absolute Gasteiger partial charge is 0.259 e. The molecule has 0 saturated heterocycles. The average molecular weight is 207 g/mol. The number of hydrogen-bond donors (Lipinski definition) is 1. The van der Waals surface area contributed by atoms with Crippen molar-refractivity contribution in [3.63, 3.8) is 0 Å². The first-order chi connectivity index (χ1) is 7.06. The number of rotatable bonds is 4. The van der Waals surface area contributed by atoms with E-state index in [1.54, 1.807) is 0 Å². The average Bonchev–Trinajstić information content (AvgIpc) is 2.12. The summed E-state index contributed by atoms with van der Waals surface area (Å²) in [6, 6.07) is 1.90. The molecule has 0 aliphatic rings. The van der Waals surface area contributed by atoms with Crippen LogP contribution in [-0.4, -0.2) is 10.8 Å². The van der Waals surface area contributed by atoms with E-state index < -0.39 is 0 Å². The largest absolute Gasteiger partial charge is 0.326 e. The van der Waals surface area contributed by atoms with Crippen LogP contribution < -0.4 is 5.56 Å². The van der Waals surface area contributed by atoms with Crippen molar-refractivity contribution in [3.8, 4) is 0 Å². The molecule has 0 aliphatic carbocycles. The summed E-state index contributed by atoms with van der Waals surface area (Å²) in [6.45, 7) is 5.36. The van der Waals surface area contributed by atoms with Gasteiger partial charge in [-0.1, -0.05) is 13.3 Å². The molecule has 82 valence electrons. The second-order valence-corrected chi connectivity index (χ2v) is 3.84. The number of Topliss-reactive ketones (excluding diaryl/α,β-unsaturated/α-hetero) is 1. The minimum atomic E-state index is -0.256. The molecule has 1 N–H and O–H groups in total. The summed E-state index contributed by atoms with van der Waals surface area (Å²) in [4.78, 5) is 25.6. The SMILES string of the molecule is CCCCc1cc(C)[nH]c(=O)c1C(C)=O. The van der Waals surface area contributed by atoms with Gasteiger partial charge in [-0.3, -0.25) is 9.59 Å². The van der Waals surface area contributed by atoms with E-state index in [0.717, 1.165) is 30.5 Å². The maximum Gasteiger partial charge on any atom is 0.259 e. The molecule has 0 atom stereocenters. The van der Waals surface area contributed by atoms with Gasteiger partial charge in [0.25, 0.3) is 5.56 Å². The van der Waals surface area contributed by atoms with Crippen LogP contribution in [0, 0.1) is 6.92 Å². The van der Waals surface area contributed by atoms with Crippen LogP contribution in [0.4, 0.5) is 0 Å². The quantitative estimate of drug-likeness (QED) is 0.770. The van der Waals surface area contributed by atoms with Crippen molar-refractivity contribution in [1.82, 2.24) is 4.98 Å². The molecular formula is C12H17NO2. The van der Waals surface area contributed by atoms with E-state index in [1.807, 2.05) is 13.0 Å². The Morgan fingerprint density at radius 2 is 2.13 bits per heavy atom. The van der Waals surface area contributed by atoms with Gasteiger partial charge in [0.15, 0.2) is 5.78 Å². The Morgan fingerprint density at radius 1 is 1.47 bits per heavy atom. The summed E-state index contributed by atoms with van der Waals surface area (Å²) in [7, 11) is 0. The molecule has 0 radical (unpaired) electrons. The van der Waals surface area contributed by atoms with E-state index in [4.69, 9.17) is 0 Å². The lowest BCUT2D eigenvalue weighted by Crippen LogP contribution is -2.20. The molecule has 0 amide bonds. The van der Waals surface area contributed by atoms with E-state index >= 15 is 0 Å². The van der Waals surface area contributed by atoms with E-state index in [9.17, 15) is 9.59 Å². The number of ketones is 1. The fourth-order valence-electron chi connectivity index (χ4n) is 1.71. The van der Waals surface area contributed by atoms with Gasteiger partial charge in [0.1, 0.15) is 0 Å². The monoisotopic (exact) mass is 207 g/mol. The Labute approximate surface area is 89.5 Å². The zero-order chi connectivity index (χ0) is 11.4. The van der Waals surface area contributed by atoms with Crippen molar-refractivity contribution < 1.29 is 4.79 Å². The molecular weight excluding hydrogens is 190 g/mol. The first kappa shape index (κ1) is 11.7. The van der Waals surface area contributed by atoms with Crippen molar-refractivity contribution in [2.75, 3.05) is 0 Å². The lowest BCUT2D eigenvalue weighted by atomic mass is 10.0. The maximum absolute atomic E-state index is 11.6. The minimum absolute atomic E-state index is 0.151. The van der Waals surface area contributed by atoms with E-state index in [0.29, 0.717) is 5.56 Å². The predicted octanol–water partition coefficient (Wildman–Crippen LogP) is 2.23. The van der Waals surface area contributed by atoms with Crippen LogP contribution in [0.1, 0.15) is 48.3 Å². The lowest BCUT2D eigenvalue weighted by molar-refractivity contribution is 0.101. The summed E-state index contributed by atoms with van der Waals surface area (Å²) < 4.78 is 0. The highest BCUT2D eigenvalue weighted by Gasteiger charge is 2.12. The third kappa shape index (κ3) is 2.78. The first-order valence-electron chi connectivity index (χ1n) is 5.30. The van der Waals surface area contributed by atoms with Crippen LogP contribution in [0.25, 0.3) is 0 Å². The number of unbranched alkanes of at least 4 members (excludes halogenated alkanes) is 1. The highest BCUT2D eigenvalue weighted by atomic mass is 16.1. The number of aromatic nitrogens is 1. The van der Waals surface area contributed by atoms with E-state index in [1.165, 1.54) is 6.92 Å². The molecule has 0 bridgehead atoms. The van der Waals surface area contributed by atoms with Crippen molar-refractivity contribution in [2.45, 2.75) is 40.0 Å². The Morgan fingerprint density at radius 3 is 2.67 bits per heavy atom. The summed E-state index contributed by atoms with van der Waals surface area (Å²) in [5, 5.41) is 0. The summed E-state index contributed by atoms with van der Waals surface area (Å²) >= 11 is 0. The number of H-pyrrole nitrogens is 1. The predicted molar refractivity (Wildman–Crippen MR) is 60.4 cm³/mol. The van der Waals surface area contributed by atoms with Gasteiger partial charge in [-0.2, -0.15) is 0 Å². The van der Waals surface area contributed by atoms with Crippen LogP contribution in [0.5, 0.6) is 0 Å². The van der Waals surface area contributed by atoms with Crippen LogP contribution >= 0.6 is 0 Å². The van der Waals surface area contributed by atoms with Crippen molar-refractivity contribution in [1.29, 1.82) is 0 Å². The Kier molecular flexibility index (Phi) is 3.83. The van der Waals surface area contributed by atoms with Crippen LogP contribution in [0.3, 0.4) is 0 Å². The molecule has 1 aromatic rings. The molecule has 1 heterocycles. The molecule has 15 heavy (non-hydrogen) atoms. The number of nitrogens with one attached hydrogen (secondary N) is 1. The van der Waals surface area contributed by atoms with Gasteiger partial charge in [0.05, 0.1) is 5.56 Å².